The predicted octanol–water partition coefficient (Wildman–Crippen LogP) is 5.20. The quantitative estimate of drug-likeness (QED) is 0.294. The Balaban J connectivity index is 1.15. The van der Waals surface area contributed by atoms with E-state index < -0.39 is 6.09 Å². The number of carbonyl (C=O) groups excluding carboxylic acids is 1. The summed E-state index contributed by atoms with van der Waals surface area (Å²) in [5, 5.41) is 22.3. The van der Waals surface area contributed by atoms with Crippen LogP contribution in [0.2, 0.25) is 0 Å². The van der Waals surface area contributed by atoms with Crippen molar-refractivity contribution in [3.8, 4) is 11.5 Å². The van der Waals surface area contributed by atoms with E-state index in [0.29, 0.717) is 37.8 Å². The molecule has 1 aromatic heterocycles. The van der Waals surface area contributed by atoms with Crippen LogP contribution in [-0.4, -0.2) is 40.4 Å². The highest BCUT2D eigenvalue weighted by Crippen LogP contribution is 2.32. The largest absolute Gasteiger partial charge is 0.530 e. The van der Waals surface area contributed by atoms with Gasteiger partial charge < -0.3 is 24.0 Å². The lowest BCUT2D eigenvalue weighted by Gasteiger charge is -2.40. The number of likely N-dealkylation sites (tertiary alicyclic amines) is 1. The van der Waals surface area contributed by atoms with Crippen LogP contribution in [-0.2, 0) is 17.8 Å². The van der Waals surface area contributed by atoms with E-state index in [0.717, 1.165) is 27.6 Å². The third-order valence-corrected chi connectivity index (χ3v) is 7.35. The molecule has 4 aromatic carbocycles. The van der Waals surface area contributed by atoms with Crippen molar-refractivity contribution >= 4 is 16.9 Å². The van der Waals surface area contributed by atoms with E-state index in [-0.39, 0.29) is 18.6 Å². The van der Waals surface area contributed by atoms with Crippen LogP contribution in [0.25, 0.3) is 22.2 Å². The molecule has 39 heavy (non-hydrogen) atoms. The number of hydrogen-bond acceptors (Lipinski definition) is 6. The summed E-state index contributed by atoms with van der Waals surface area (Å²) in [5.41, 5.74) is 4.13. The molecule has 0 spiro atoms. The number of nitrogens with zero attached hydrogens (tertiary/aromatic N) is 3. The number of ether oxygens (including phenoxy) is 1. The molecule has 5 aromatic rings. The van der Waals surface area contributed by atoms with Crippen LogP contribution in [0.4, 0.5) is 4.79 Å². The number of hydrogen-bond donors (Lipinski definition) is 0. The first-order chi connectivity index (χ1) is 19.1. The molecule has 196 valence electrons. The lowest BCUT2D eigenvalue weighted by atomic mass is 9.86. The van der Waals surface area contributed by atoms with E-state index >= 15 is 0 Å². The molecule has 2 atom stereocenters. The number of carboxylic acid groups (broad SMARTS) is 1. The first-order valence-electron chi connectivity index (χ1n) is 13.1. The zero-order valence-corrected chi connectivity index (χ0v) is 21.4. The molecule has 0 saturated carbocycles. The Morgan fingerprint density at radius 1 is 0.897 bits per heavy atom. The Labute approximate surface area is 226 Å². The number of aromatic nitrogens is 2. The summed E-state index contributed by atoms with van der Waals surface area (Å²) in [7, 11) is 0. The number of rotatable bonds is 7. The highest BCUT2D eigenvalue weighted by atomic mass is 16.5. The van der Waals surface area contributed by atoms with Crippen molar-refractivity contribution in [3.63, 3.8) is 0 Å². The van der Waals surface area contributed by atoms with Crippen LogP contribution in [0, 0.1) is 0 Å². The van der Waals surface area contributed by atoms with Gasteiger partial charge in [0.2, 0.25) is 11.8 Å². The Bertz CT molecular complexity index is 1570. The summed E-state index contributed by atoms with van der Waals surface area (Å²) in [6.45, 7) is 1.12. The molecule has 7 nitrogen and oxygen atoms in total. The number of amides is 1. The van der Waals surface area contributed by atoms with E-state index in [1.165, 1.54) is 10.3 Å². The second-order valence-electron chi connectivity index (χ2n) is 9.92. The van der Waals surface area contributed by atoms with Crippen molar-refractivity contribution in [2.75, 3.05) is 13.1 Å². The van der Waals surface area contributed by atoms with Gasteiger partial charge in [-0.1, -0.05) is 78.9 Å². The second-order valence-corrected chi connectivity index (χ2v) is 9.92. The molecule has 2 heterocycles. The number of piperidine rings is 1. The second kappa shape index (κ2) is 11.1. The average Bonchev–Trinajstić information content (AvgIpc) is 3.45. The van der Waals surface area contributed by atoms with E-state index in [9.17, 15) is 9.90 Å². The first-order valence-corrected chi connectivity index (χ1v) is 13.1. The topological polar surface area (TPSA) is 91.5 Å². The van der Waals surface area contributed by atoms with Gasteiger partial charge in [0.15, 0.2) is 0 Å². The highest BCUT2D eigenvalue weighted by molar-refractivity contribution is 5.82. The van der Waals surface area contributed by atoms with Crippen LogP contribution in [0.15, 0.2) is 101 Å². The maximum absolute atomic E-state index is 11.6. The van der Waals surface area contributed by atoms with E-state index in [4.69, 9.17) is 9.15 Å². The first kappa shape index (κ1) is 24.8. The normalized spacial score (nSPS) is 17.4. The summed E-state index contributed by atoms with van der Waals surface area (Å²) in [6, 6.07) is 32.5. The zero-order chi connectivity index (χ0) is 26.6. The van der Waals surface area contributed by atoms with Gasteiger partial charge in [0.05, 0.1) is 19.1 Å². The maximum atomic E-state index is 11.6. The summed E-state index contributed by atoms with van der Waals surface area (Å²) < 4.78 is 12.2. The molecule has 1 amide bonds. The van der Waals surface area contributed by atoms with Crippen molar-refractivity contribution < 1.29 is 19.1 Å². The van der Waals surface area contributed by atoms with Gasteiger partial charge in [-0.2, -0.15) is 0 Å². The minimum atomic E-state index is -1.16. The Morgan fingerprint density at radius 3 is 2.44 bits per heavy atom. The van der Waals surface area contributed by atoms with Crippen LogP contribution in [0.1, 0.15) is 34.9 Å². The third kappa shape index (κ3) is 5.68. The van der Waals surface area contributed by atoms with Gasteiger partial charge in [0.1, 0.15) is 6.09 Å². The maximum Gasteiger partial charge on any atom is 0.247 e. The molecule has 7 heteroatoms. The number of benzene rings is 4. The lowest BCUT2D eigenvalue weighted by molar-refractivity contribution is -0.268. The van der Waals surface area contributed by atoms with Crippen LogP contribution in [0.3, 0.4) is 0 Å². The average molecular weight is 519 g/mol. The standard InChI is InChI=1S/C32H29N3O4/c36-32(37)35-17-16-28(29(20-35)38-21-23-12-13-24-6-4-5-9-27(24)18-23)25-14-10-22(11-15-25)19-30-33-34-31(39-30)26-7-2-1-3-8-26/h1-15,18,28-29H,16-17,19-21H2,(H,36,37)/p-1. The van der Waals surface area contributed by atoms with Gasteiger partial charge in [-0.05, 0) is 52.1 Å². The van der Waals surface area contributed by atoms with Crippen molar-refractivity contribution in [1.82, 2.24) is 15.1 Å². The van der Waals surface area contributed by atoms with Crippen molar-refractivity contribution in [1.29, 1.82) is 0 Å². The van der Waals surface area contributed by atoms with Crippen molar-refractivity contribution in [2.45, 2.75) is 31.5 Å². The fourth-order valence-electron chi connectivity index (χ4n) is 5.24. The smallest absolute Gasteiger partial charge is 0.247 e. The SMILES string of the molecule is O=C([O-])N1CCC(c2ccc(Cc3nnc(-c4ccccc4)o3)cc2)C(OCc2ccc3ccccc3c2)C1. The summed E-state index contributed by atoms with van der Waals surface area (Å²) in [6.07, 6.45) is -0.235. The zero-order valence-electron chi connectivity index (χ0n) is 21.4. The molecule has 1 aliphatic heterocycles. The summed E-state index contributed by atoms with van der Waals surface area (Å²) in [4.78, 5) is 13.0. The lowest BCUT2D eigenvalue weighted by Crippen LogP contribution is -2.51. The van der Waals surface area contributed by atoms with Crippen LogP contribution >= 0.6 is 0 Å². The van der Waals surface area contributed by atoms with Gasteiger partial charge in [0.25, 0.3) is 0 Å². The van der Waals surface area contributed by atoms with Crippen LogP contribution in [0.5, 0.6) is 0 Å². The minimum Gasteiger partial charge on any atom is -0.530 e. The van der Waals surface area contributed by atoms with E-state index in [1.54, 1.807) is 0 Å². The van der Waals surface area contributed by atoms with E-state index in [2.05, 4.69) is 64.8 Å². The van der Waals surface area contributed by atoms with E-state index in [1.807, 2.05) is 42.5 Å². The molecular formula is C32H28N3O4-. The number of carbonyl (C=O) groups is 1. The highest BCUT2D eigenvalue weighted by Gasteiger charge is 2.31. The van der Waals surface area contributed by atoms with Gasteiger partial charge >= 0.3 is 0 Å². The van der Waals surface area contributed by atoms with Crippen molar-refractivity contribution in [2.24, 2.45) is 0 Å². The fraction of sp³-hybridized carbons (Fsp3) is 0.219. The van der Waals surface area contributed by atoms with Crippen LogP contribution < -0.4 is 5.11 Å². The summed E-state index contributed by atoms with van der Waals surface area (Å²) in [5.74, 6) is 1.14. The van der Waals surface area contributed by atoms with Crippen molar-refractivity contribution in [3.05, 3.63) is 120 Å². The molecule has 0 bridgehead atoms. The molecule has 1 aliphatic rings. The molecule has 0 aliphatic carbocycles. The Morgan fingerprint density at radius 2 is 1.64 bits per heavy atom. The van der Waals surface area contributed by atoms with Gasteiger partial charge in [0, 0.05) is 24.6 Å². The molecular weight excluding hydrogens is 490 g/mol. The molecule has 0 N–H and O–H groups in total. The number of fused-ring (bicyclic) bond motifs is 1. The van der Waals surface area contributed by atoms with Gasteiger partial charge in [-0.25, -0.2) is 0 Å². The van der Waals surface area contributed by atoms with Gasteiger partial charge in [-0.3, -0.25) is 0 Å². The third-order valence-electron chi connectivity index (χ3n) is 7.35. The fourth-order valence-corrected chi connectivity index (χ4v) is 5.24. The molecule has 1 fully saturated rings. The van der Waals surface area contributed by atoms with Gasteiger partial charge in [-0.15, -0.1) is 10.2 Å². The Kier molecular flexibility index (Phi) is 7.06. The molecule has 2 unspecified atom stereocenters. The molecule has 0 radical (unpaired) electrons. The molecule has 6 rings (SSSR count). The minimum absolute atomic E-state index is 0.0724. The molecule has 1 saturated heterocycles. The Hall–Kier alpha value is -4.49. The predicted molar refractivity (Wildman–Crippen MR) is 146 cm³/mol. The monoisotopic (exact) mass is 518 g/mol. The summed E-state index contributed by atoms with van der Waals surface area (Å²) >= 11 is 0.